The first-order chi connectivity index (χ1) is 4.43. The van der Waals surface area contributed by atoms with E-state index in [0.717, 1.165) is 13.1 Å². The molecule has 1 aliphatic heterocycles. The summed E-state index contributed by atoms with van der Waals surface area (Å²) in [5.41, 5.74) is 0. The van der Waals surface area contributed by atoms with Gasteiger partial charge in [0.1, 0.15) is 6.17 Å². The Hall–Kier alpha value is -0.850. The van der Waals surface area contributed by atoms with Gasteiger partial charge >= 0.3 is 0 Å². The standard InChI is InChI=1S/C6H9N3/c7-5-6-8-3-1-2-4-9-6/h1-2,6,8-9H,3-4H2. The predicted octanol–water partition coefficient (Wildman–Crippen LogP) is -0.415. The summed E-state index contributed by atoms with van der Waals surface area (Å²) in [5, 5.41) is 14.4. The molecule has 0 aromatic heterocycles. The quantitative estimate of drug-likeness (QED) is 0.430. The molecule has 9 heavy (non-hydrogen) atoms. The van der Waals surface area contributed by atoms with E-state index in [-0.39, 0.29) is 6.17 Å². The van der Waals surface area contributed by atoms with Crippen molar-refractivity contribution in [1.29, 1.82) is 5.26 Å². The van der Waals surface area contributed by atoms with E-state index in [1.165, 1.54) is 0 Å². The summed E-state index contributed by atoms with van der Waals surface area (Å²) in [4.78, 5) is 0. The van der Waals surface area contributed by atoms with Crippen LogP contribution in [0.4, 0.5) is 0 Å². The average Bonchev–Trinajstić information content (AvgIpc) is 2.13. The average molecular weight is 123 g/mol. The Morgan fingerprint density at radius 2 is 1.89 bits per heavy atom. The first kappa shape index (κ1) is 6.27. The van der Waals surface area contributed by atoms with Crippen LogP contribution in [-0.2, 0) is 0 Å². The monoisotopic (exact) mass is 123 g/mol. The van der Waals surface area contributed by atoms with E-state index in [1.54, 1.807) is 0 Å². The maximum Gasteiger partial charge on any atom is 0.148 e. The minimum absolute atomic E-state index is 0.181. The smallest absolute Gasteiger partial charge is 0.148 e. The van der Waals surface area contributed by atoms with Crippen molar-refractivity contribution in [3.8, 4) is 6.07 Å². The van der Waals surface area contributed by atoms with Crippen molar-refractivity contribution in [2.45, 2.75) is 6.17 Å². The molecule has 1 aliphatic rings. The zero-order valence-electron chi connectivity index (χ0n) is 5.09. The molecule has 0 aromatic carbocycles. The van der Waals surface area contributed by atoms with E-state index < -0.39 is 0 Å². The first-order valence-electron chi connectivity index (χ1n) is 2.95. The molecule has 0 radical (unpaired) electrons. The number of nitrogens with one attached hydrogen (secondary N) is 2. The first-order valence-corrected chi connectivity index (χ1v) is 2.95. The highest BCUT2D eigenvalue weighted by Gasteiger charge is 2.03. The highest BCUT2D eigenvalue weighted by atomic mass is 15.1. The molecule has 0 aromatic rings. The summed E-state index contributed by atoms with van der Waals surface area (Å²) < 4.78 is 0. The number of rotatable bonds is 0. The van der Waals surface area contributed by atoms with Gasteiger partial charge in [0.25, 0.3) is 0 Å². The molecule has 0 spiro atoms. The van der Waals surface area contributed by atoms with E-state index in [0.29, 0.717) is 0 Å². The second kappa shape index (κ2) is 3.23. The zero-order chi connectivity index (χ0) is 6.53. The van der Waals surface area contributed by atoms with Gasteiger partial charge in [-0.15, -0.1) is 0 Å². The Morgan fingerprint density at radius 1 is 1.33 bits per heavy atom. The van der Waals surface area contributed by atoms with Crippen LogP contribution < -0.4 is 10.6 Å². The van der Waals surface area contributed by atoms with Crippen LogP contribution >= 0.6 is 0 Å². The Bertz CT molecular complexity index is 135. The lowest BCUT2D eigenvalue weighted by Crippen LogP contribution is -2.39. The molecule has 0 saturated carbocycles. The molecule has 1 rings (SSSR count). The van der Waals surface area contributed by atoms with Crippen LogP contribution in [0.5, 0.6) is 0 Å². The van der Waals surface area contributed by atoms with E-state index >= 15 is 0 Å². The molecule has 3 nitrogen and oxygen atoms in total. The van der Waals surface area contributed by atoms with Crippen molar-refractivity contribution in [3.63, 3.8) is 0 Å². The molecular weight excluding hydrogens is 114 g/mol. The molecule has 0 fully saturated rings. The Balaban J connectivity index is 2.37. The third kappa shape index (κ3) is 1.84. The molecule has 0 bridgehead atoms. The number of nitriles is 1. The lowest BCUT2D eigenvalue weighted by Gasteiger charge is -2.05. The van der Waals surface area contributed by atoms with Crippen molar-refractivity contribution in [3.05, 3.63) is 12.2 Å². The van der Waals surface area contributed by atoms with Crippen LogP contribution in [0.15, 0.2) is 12.2 Å². The molecule has 0 amide bonds. The largest absolute Gasteiger partial charge is 0.286 e. The minimum atomic E-state index is -0.181. The molecule has 0 unspecified atom stereocenters. The maximum atomic E-state index is 8.41. The summed E-state index contributed by atoms with van der Waals surface area (Å²) in [6, 6.07) is 2.08. The molecule has 1 heterocycles. The number of hydrogen-bond acceptors (Lipinski definition) is 3. The van der Waals surface area contributed by atoms with Gasteiger partial charge in [0.2, 0.25) is 0 Å². The lowest BCUT2D eigenvalue weighted by molar-refractivity contribution is 0.564. The SMILES string of the molecule is N#CC1NCC=CCN1. The molecule has 3 heteroatoms. The van der Waals surface area contributed by atoms with E-state index in [4.69, 9.17) is 5.26 Å². The third-order valence-corrected chi connectivity index (χ3v) is 1.18. The van der Waals surface area contributed by atoms with Crippen LogP contribution in [0.3, 0.4) is 0 Å². The van der Waals surface area contributed by atoms with E-state index in [2.05, 4.69) is 16.7 Å². The zero-order valence-corrected chi connectivity index (χ0v) is 5.09. The lowest BCUT2D eigenvalue weighted by atomic mass is 10.5. The summed E-state index contributed by atoms with van der Waals surface area (Å²) in [6.07, 6.45) is 3.83. The van der Waals surface area contributed by atoms with Gasteiger partial charge in [-0.3, -0.25) is 10.6 Å². The Kier molecular flexibility index (Phi) is 2.25. The highest BCUT2D eigenvalue weighted by Crippen LogP contribution is 1.81. The second-order valence-corrected chi connectivity index (χ2v) is 1.85. The number of nitrogens with zero attached hydrogens (tertiary/aromatic N) is 1. The number of hydrogen-bond donors (Lipinski definition) is 2. The van der Waals surface area contributed by atoms with Crippen molar-refractivity contribution in [2.75, 3.05) is 13.1 Å². The van der Waals surface area contributed by atoms with Gasteiger partial charge in [-0.1, -0.05) is 12.2 Å². The molecule has 0 atom stereocenters. The van der Waals surface area contributed by atoms with E-state index in [9.17, 15) is 0 Å². The summed E-state index contributed by atoms with van der Waals surface area (Å²) in [6.45, 7) is 1.57. The Morgan fingerprint density at radius 3 is 2.33 bits per heavy atom. The third-order valence-electron chi connectivity index (χ3n) is 1.18. The fourth-order valence-corrected chi connectivity index (χ4v) is 0.702. The predicted molar refractivity (Wildman–Crippen MR) is 34.5 cm³/mol. The highest BCUT2D eigenvalue weighted by molar-refractivity contribution is 4.97. The molecule has 0 aliphatic carbocycles. The van der Waals surface area contributed by atoms with Crippen LogP contribution in [-0.4, -0.2) is 19.3 Å². The fourth-order valence-electron chi connectivity index (χ4n) is 0.702. The molecule has 48 valence electrons. The van der Waals surface area contributed by atoms with Crippen molar-refractivity contribution in [2.24, 2.45) is 0 Å². The van der Waals surface area contributed by atoms with Crippen molar-refractivity contribution < 1.29 is 0 Å². The van der Waals surface area contributed by atoms with Gasteiger partial charge in [-0.25, -0.2) is 0 Å². The Labute approximate surface area is 54.4 Å². The summed E-state index contributed by atoms with van der Waals surface area (Å²) in [5.74, 6) is 0. The van der Waals surface area contributed by atoms with Crippen LogP contribution in [0.2, 0.25) is 0 Å². The molecule has 2 N–H and O–H groups in total. The van der Waals surface area contributed by atoms with Gasteiger partial charge in [0, 0.05) is 13.1 Å². The van der Waals surface area contributed by atoms with Crippen LogP contribution in [0, 0.1) is 11.3 Å². The van der Waals surface area contributed by atoms with Crippen molar-refractivity contribution >= 4 is 0 Å². The van der Waals surface area contributed by atoms with Gasteiger partial charge in [-0.2, -0.15) is 5.26 Å². The topological polar surface area (TPSA) is 47.9 Å². The van der Waals surface area contributed by atoms with Gasteiger partial charge in [0.15, 0.2) is 0 Å². The minimum Gasteiger partial charge on any atom is -0.286 e. The van der Waals surface area contributed by atoms with Crippen molar-refractivity contribution in [1.82, 2.24) is 10.6 Å². The fraction of sp³-hybridized carbons (Fsp3) is 0.500. The van der Waals surface area contributed by atoms with Gasteiger partial charge in [0.05, 0.1) is 6.07 Å². The summed E-state index contributed by atoms with van der Waals surface area (Å²) in [7, 11) is 0. The summed E-state index contributed by atoms with van der Waals surface area (Å²) >= 11 is 0. The van der Waals surface area contributed by atoms with Gasteiger partial charge in [-0.05, 0) is 0 Å². The molecular formula is C6H9N3. The molecule has 0 saturated heterocycles. The normalized spacial score (nSPS) is 20.8. The maximum absolute atomic E-state index is 8.41. The van der Waals surface area contributed by atoms with Crippen LogP contribution in [0.1, 0.15) is 0 Å². The van der Waals surface area contributed by atoms with Gasteiger partial charge < -0.3 is 0 Å². The van der Waals surface area contributed by atoms with E-state index in [1.807, 2.05) is 12.2 Å². The second-order valence-electron chi connectivity index (χ2n) is 1.85. The van der Waals surface area contributed by atoms with Crippen LogP contribution in [0.25, 0.3) is 0 Å².